The molecule has 0 saturated carbocycles. The van der Waals surface area contributed by atoms with Crippen LogP contribution in [0.1, 0.15) is 57.6 Å². The third kappa shape index (κ3) is 8.11. The van der Waals surface area contributed by atoms with Crippen molar-refractivity contribution >= 4 is 12.6 Å². The fourth-order valence-corrected chi connectivity index (χ4v) is 3.24. The predicted octanol–water partition coefficient (Wildman–Crippen LogP) is 6.42. The van der Waals surface area contributed by atoms with E-state index in [-0.39, 0.29) is 0 Å². The molecular formula is C23H37NS. The van der Waals surface area contributed by atoms with Gasteiger partial charge in [0.05, 0.1) is 0 Å². The minimum absolute atomic E-state index is 0.546. The topological polar surface area (TPSA) is 12.0 Å². The summed E-state index contributed by atoms with van der Waals surface area (Å²) in [6, 6.07) is 22.0. The van der Waals surface area contributed by atoms with Crippen molar-refractivity contribution in [3.05, 3.63) is 71.8 Å². The second-order valence-corrected chi connectivity index (χ2v) is 5.39. The zero-order valence-corrected chi connectivity index (χ0v) is 17.6. The van der Waals surface area contributed by atoms with Crippen LogP contribution in [0.4, 0.5) is 0 Å². The Morgan fingerprint density at radius 1 is 0.720 bits per heavy atom. The van der Waals surface area contributed by atoms with Crippen LogP contribution in [0, 0.1) is 5.92 Å². The van der Waals surface area contributed by atoms with Crippen molar-refractivity contribution < 1.29 is 0 Å². The van der Waals surface area contributed by atoms with Crippen molar-refractivity contribution in [1.82, 2.24) is 5.32 Å². The second-order valence-electron chi connectivity index (χ2n) is 5.39. The van der Waals surface area contributed by atoms with Gasteiger partial charge in [-0.3, -0.25) is 0 Å². The molecular weight excluding hydrogens is 322 g/mol. The molecule has 2 aromatic carbocycles. The second kappa shape index (κ2) is 16.2. The number of piperidine rings is 1. The summed E-state index contributed by atoms with van der Waals surface area (Å²) in [5, 5.41) is 3.47. The fraction of sp³-hybridized carbons (Fsp3) is 0.478. The van der Waals surface area contributed by atoms with Crippen LogP contribution < -0.4 is 5.32 Å². The number of hydrogen-bond donors (Lipinski definition) is 2. The lowest BCUT2D eigenvalue weighted by atomic mass is 9.76. The minimum Gasteiger partial charge on any atom is -0.317 e. The van der Waals surface area contributed by atoms with E-state index in [1.807, 2.05) is 27.7 Å². The molecule has 0 spiro atoms. The lowest BCUT2D eigenvalue weighted by Gasteiger charge is -2.31. The first-order valence-corrected chi connectivity index (χ1v) is 10.6. The van der Waals surface area contributed by atoms with Gasteiger partial charge in [-0.15, -0.1) is 0 Å². The molecule has 1 saturated heterocycles. The Labute approximate surface area is 161 Å². The summed E-state index contributed by atoms with van der Waals surface area (Å²) in [6.07, 6.45) is 4.24. The highest BCUT2D eigenvalue weighted by Crippen LogP contribution is 2.36. The molecule has 25 heavy (non-hydrogen) atoms. The van der Waals surface area contributed by atoms with Crippen LogP contribution in [0.15, 0.2) is 60.7 Å². The Morgan fingerprint density at radius 2 is 1.08 bits per heavy atom. The van der Waals surface area contributed by atoms with Gasteiger partial charge in [-0.1, -0.05) is 88.4 Å². The number of benzene rings is 2. The smallest absolute Gasteiger partial charge is 0.0119 e. The summed E-state index contributed by atoms with van der Waals surface area (Å²) in [5.74, 6) is 1.30. The van der Waals surface area contributed by atoms with Gasteiger partial charge in [-0.2, -0.15) is 12.6 Å². The Morgan fingerprint density at radius 3 is 1.44 bits per heavy atom. The Balaban J connectivity index is 0.000000871. The zero-order valence-electron chi connectivity index (χ0n) is 16.7. The lowest BCUT2D eigenvalue weighted by molar-refractivity contribution is 0.342. The first-order chi connectivity index (χ1) is 12.4. The molecule has 0 atom stereocenters. The SMILES string of the molecule is CC.CC.CS.c1ccc(C(c2ccccc2)C2CCNCC2)cc1. The first-order valence-electron chi connectivity index (χ1n) is 9.70. The maximum atomic E-state index is 3.53. The maximum Gasteiger partial charge on any atom is 0.0119 e. The zero-order chi connectivity index (χ0) is 18.9. The van der Waals surface area contributed by atoms with E-state index < -0.39 is 0 Å². The van der Waals surface area contributed by atoms with E-state index in [0.717, 1.165) is 19.0 Å². The molecule has 3 rings (SSSR count). The molecule has 1 fully saturated rings. The standard InChI is InChI=1S/C18H21N.2C2H6.CH4S/c1-3-7-15(8-4-1)18(16-9-5-2-6-10-16)17-11-13-19-14-12-17;3*1-2/h1-10,17-19H,11-14H2;2*1-2H3;2H,1H3. The summed E-state index contributed by atoms with van der Waals surface area (Å²) in [5.41, 5.74) is 2.92. The molecule has 1 heterocycles. The van der Waals surface area contributed by atoms with Gasteiger partial charge in [-0.25, -0.2) is 0 Å². The van der Waals surface area contributed by atoms with Crippen molar-refractivity contribution in [3.8, 4) is 0 Å². The average Bonchev–Trinajstić information content (AvgIpc) is 2.75. The molecule has 0 bridgehead atoms. The van der Waals surface area contributed by atoms with Crippen LogP contribution in [-0.2, 0) is 0 Å². The van der Waals surface area contributed by atoms with E-state index >= 15 is 0 Å². The normalized spacial score (nSPS) is 13.4. The van der Waals surface area contributed by atoms with Crippen molar-refractivity contribution in [2.45, 2.75) is 46.5 Å². The maximum absolute atomic E-state index is 3.53. The fourth-order valence-electron chi connectivity index (χ4n) is 3.24. The van der Waals surface area contributed by atoms with E-state index in [2.05, 4.69) is 78.6 Å². The summed E-state index contributed by atoms with van der Waals surface area (Å²) >= 11 is 3.53. The van der Waals surface area contributed by atoms with Crippen LogP contribution in [0.25, 0.3) is 0 Å². The van der Waals surface area contributed by atoms with E-state index in [4.69, 9.17) is 0 Å². The van der Waals surface area contributed by atoms with Gasteiger partial charge in [0.25, 0.3) is 0 Å². The molecule has 0 aromatic heterocycles. The van der Waals surface area contributed by atoms with Gasteiger partial charge in [0.2, 0.25) is 0 Å². The van der Waals surface area contributed by atoms with Crippen LogP contribution in [0.2, 0.25) is 0 Å². The molecule has 0 amide bonds. The Hall–Kier alpha value is -1.25. The quantitative estimate of drug-likeness (QED) is 0.603. The molecule has 1 aliphatic heterocycles. The predicted molar refractivity (Wildman–Crippen MR) is 118 cm³/mol. The van der Waals surface area contributed by atoms with Gasteiger partial charge in [0.1, 0.15) is 0 Å². The van der Waals surface area contributed by atoms with E-state index in [0.29, 0.717) is 5.92 Å². The molecule has 1 aliphatic rings. The van der Waals surface area contributed by atoms with Gasteiger partial charge in [-0.05, 0) is 49.2 Å². The highest BCUT2D eigenvalue weighted by Gasteiger charge is 2.25. The van der Waals surface area contributed by atoms with Gasteiger partial charge in [0.15, 0.2) is 0 Å². The Kier molecular flexibility index (Phi) is 15.4. The van der Waals surface area contributed by atoms with Crippen molar-refractivity contribution in [2.24, 2.45) is 5.92 Å². The average molecular weight is 360 g/mol. The van der Waals surface area contributed by atoms with Gasteiger partial charge < -0.3 is 5.32 Å². The van der Waals surface area contributed by atoms with E-state index in [9.17, 15) is 0 Å². The molecule has 1 N–H and O–H groups in total. The monoisotopic (exact) mass is 359 g/mol. The molecule has 0 radical (unpaired) electrons. The molecule has 2 heteroatoms. The number of nitrogens with one attached hydrogen (secondary N) is 1. The molecule has 0 unspecified atom stereocenters. The van der Waals surface area contributed by atoms with E-state index in [1.54, 1.807) is 6.26 Å². The van der Waals surface area contributed by atoms with Gasteiger partial charge >= 0.3 is 0 Å². The third-order valence-corrected chi connectivity index (χ3v) is 4.17. The van der Waals surface area contributed by atoms with Crippen molar-refractivity contribution in [2.75, 3.05) is 19.3 Å². The molecule has 140 valence electrons. The number of thiol groups is 1. The summed E-state index contributed by atoms with van der Waals surface area (Å²) in [7, 11) is 0. The van der Waals surface area contributed by atoms with Crippen LogP contribution in [-0.4, -0.2) is 19.3 Å². The first kappa shape index (κ1) is 23.8. The molecule has 1 nitrogen and oxygen atoms in total. The van der Waals surface area contributed by atoms with Crippen LogP contribution in [0.5, 0.6) is 0 Å². The molecule has 2 aromatic rings. The van der Waals surface area contributed by atoms with E-state index in [1.165, 1.54) is 24.0 Å². The van der Waals surface area contributed by atoms with Crippen molar-refractivity contribution in [3.63, 3.8) is 0 Å². The third-order valence-electron chi connectivity index (χ3n) is 4.17. The van der Waals surface area contributed by atoms with Crippen LogP contribution in [0.3, 0.4) is 0 Å². The van der Waals surface area contributed by atoms with Crippen LogP contribution >= 0.6 is 12.6 Å². The van der Waals surface area contributed by atoms with Gasteiger partial charge in [0, 0.05) is 5.92 Å². The number of rotatable bonds is 3. The highest BCUT2D eigenvalue weighted by molar-refractivity contribution is 7.79. The Bertz CT molecular complexity index is 453. The minimum atomic E-state index is 0.546. The lowest BCUT2D eigenvalue weighted by Crippen LogP contribution is -2.31. The summed E-state index contributed by atoms with van der Waals surface area (Å²) in [6.45, 7) is 10.3. The molecule has 0 aliphatic carbocycles. The highest BCUT2D eigenvalue weighted by atomic mass is 32.1. The summed E-state index contributed by atoms with van der Waals surface area (Å²) in [4.78, 5) is 0. The van der Waals surface area contributed by atoms with Crippen molar-refractivity contribution in [1.29, 1.82) is 0 Å². The largest absolute Gasteiger partial charge is 0.317 e. The summed E-state index contributed by atoms with van der Waals surface area (Å²) < 4.78 is 0. The number of hydrogen-bond acceptors (Lipinski definition) is 2.